The molecule has 0 bridgehead atoms. The van der Waals surface area contributed by atoms with E-state index in [4.69, 9.17) is 14.2 Å². The van der Waals surface area contributed by atoms with E-state index in [0.29, 0.717) is 43.0 Å². The molecule has 0 aliphatic carbocycles. The summed E-state index contributed by atoms with van der Waals surface area (Å²) in [6.07, 6.45) is 4.89. The lowest BCUT2D eigenvalue weighted by molar-refractivity contribution is -0.140. The van der Waals surface area contributed by atoms with Crippen LogP contribution in [0.5, 0.6) is 11.5 Å². The number of phenolic OH excluding ortho intramolecular Hbond substituents is 1. The molecule has 2 aromatic rings. The number of carbonyl (C=O) groups excluding carboxylic acids is 2. The summed E-state index contributed by atoms with van der Waals surface area (Å²) < 4.78 is 16.1. The Morgan fingerprint density at radius 1 is 1.33 bits per heavy atom. The number of carbonyl (C=O) groups is 2. The molecule has 1 N–H and O–H groups in total. The third kappa shape index (κ3) is 3.86. The summed E-state index contributed by atoms with van der Waals surface area (Å²) in [6.45, 7) is 2.49. The van der Waals surface area contributed by atoms with Crippen LogP contribution in [0.15, 0.2) is 48.6 Å². The highest BCUT2D eigenvalue weighted by Crippen LogP contribution is 2.46. The molecule has 3 heterocycles. The van der Waals surface area contributed by atoms with Gasteiger partial charge in [0.25, 0.3) is 0 Å². The van der Waals surface area contributed by atoms with E-state index in [0.717, 1.165) is 0 Å². The zero-order valence-corrected chi connectivity index (χ0v) is 16.5. The summed E-state index contributed by atoms with van der Waals surface area (Å²) in [5, 5.41) is 10.7. The quantitative estimate of drug-likeness (QED) is 0.592. The molecule has 2 aliphatic rings. The number of Topliss-reactive ketones (excluding diaryl/α,β-unsaturated/α-hetero) is 1. The fraction of sp³-hybridized carbons (Fsp3) is 0.318. The second-order valence-corrected chi connectivity index (χ2v) is 7.07. The minimum absolute atomic E-state index is 0.0354. The predicted molar refractivity (Wildman–Crippen MR) is 106 cm³/mol. The number of rotatable bonds is 5. The molecule has 1 fully saturated rings. The first kappa shape index (κ1) is 19.9. The van der Waals surface area contributed by atoms with E-state index < -0.39 is 11.9 Å². The molecule has 2 aliphatic heterocycles. The van der Waals surface area contributed by atoms with Crippen LogP contribution in [0.3, 0.4) is 0 Å². The maximum atomic E-state index is 12.9. The Morgan fingerprint density at radius 2 is 2.13 bits per heavy atom. The molecule has 1 saturated heterocycles. The van der Waals surface area contributed by atoms with Gasteiger partial charge in [0.05, 0.1) is 32.3 Å². The van der Waals surface area contributed by atoms with Gasteiger partial charge in [-0.2, -0.15) is 0 Å². The fourth-order valence-corrected chi connectivity index (χ4v) is 3.68. The smallest absolute Gasteiger partial charge is 0.306 e. The summed E-state index contributed by atoms with van der Waals surface area (Å²) in [5.74, 6) is -0.919. The van der Waals surface area contributed by atoms with Crippen LogP contribution in [-0.2, 0) is 14.3 Å². The number of phenols is 1. The zero-order valence-electron chi connectivity index (χ0n) is 16.5. The number of hydrogen-bond acceptors (Lipinski definition) is 8. The van der Waals surface area contributed by atoms with Crippen molar-refractivity contribution in [2.24, 2.45) is 0 Å². The Balaban J connectivity index is 1.76. The number of pyridine rings is 1. The second-order valence-electron chi connectivity index (χ2n) is 7.07. The maximum Gasteiger partial charge on any atom is 0.306 e. The third-order valence-electron chi connectivity index (χ3n) is 5.23. The number of fused-ring (bicyclic) bond motifs is 1. The van der Waals surface area contributed by atoms with Gasteiger partial charge < -0.3 is 24.2 Å². The van der Waals surface area contributed by atoms with E-state index in [-0.39, 0.29) is 29.5 Å². The highest BCUT2D eigenvalue weighted by atomic mass is 16.5. The van der Waals surface area contributed by atoms with Crippen LogP contribution in [0.2, 0.25) is 0 Å². The van der Waals surface area contributed by atoms with Crippen LogP contribution >= 0.6 is 0 Å². The highest BCUT2D eigenvalue weighted by molar-refractivity contribution is 6.12. The first-order chi connectivity index (χ1) is 14.6. The lowest BCUT2D eigenvalue weighted by atomic mass is 9.87. The van der Waals surface area contributed by atoms with Crippen LogP contribution in [-0.4, -0.2) is 60.2 Å². The first-order valence-electron chi connectivity index (χ1n) is 9.67. The Hall–Kier alpha value is -3.39. The van der Waals surface area contributed by atoms with Gasteiger partial charge >= 0.3 is 5.97 Å². The highest BCUT2D eigenvalue weighted by Gasteiger charge is 2.35. The fourth-order valence-electron chi connectivity index (χ4n) is 3.68. The molecule has 8 nitrogen and oxygen atoms in total. The molecule has 30 heavy (non-hydrogen) atoms. The Morgan fingerprint density at radius 3 is 2.83 bits per heavy atom. The number of hydrogen-bond donors (Lipinski definition) is 1. The van der Waals surface area contributed by atoms with Gasteiger partial charge in [0.1, 0.15) is 11.5 Å². The summed E-state index contributed by atoms with van der Waals surface area (Å²) in [6, 6.07) is 6.54. The van der Waals surface area contributed by atoms with Gasteiger partial charge in [-0.3, -0.25) is 14.6 Å². The monoisotopic (exact) mass is 410 g/mol. The predicted octanol–water partition coefficient (Wildman–Crippen LogP) is 2.23. The van der Waals surface area contributed by atoms with Crippen molar-refractivity contribution in [1.29, 1.82) is 0 Å². The molecule has 156 valence electrons. The van der Waals surface area contributed by atoms with Crippen LogP contribution < -0.4 is 4.74 Å². The van der Waals surface area contributed by atoms with Crippen molar-refractivity contribution in [1.82, 2.24) is 9.88 Å². The minimum Gasteiger partial charge on any atom is -0.508 e. The number of benzene rings is 1. The van der Waals surface area contributed by atoms with Crippen LogP contribution in [0.1, 0.15) is 33.8 Å². The summed E-state index contributed by atoms with van der Waals surface area (Å²) in [5.41, 5.74) is 1.42. The zero-order chi connectivity index (χ0) is 21.1. The van der Waals surface area contributed by atoms with Gasteiger partial charge in [-0.25, -0.2) is 0 Å². The van der Waals surface area contributed by atoms with Crippen molar-refractivity contribution < 1.29 is 28.9 Å². The van der Waals surface area contributed by atoms with E-state index in [1.165, 1.54) is 19.2 Å². The number of morpholine rings is 1. The molecule has 0 radical (unpaired) electrons. The van der Waals surface area contributed by atoms with Crippen molar-refractivity contribution in [3.05, 3.63) is 65.3 Å². The van der Waals surface area contributed by atoms with E-state index in [1.54, 1.807) is 30.7 Å². The molecular formula is C22H22N2O6. The average Bonchev–Trinajstić information content (AvgIpc) is 3.08. The number of ketones is 1. The van der Waals surface area contributed by atoms with E-state index in [9.17, 15) is 14.7 Å². The van der Waals surface area contributed by atoms with Gasteiger partial charge in [0.15, 0.2) is 5.76 Å². The van der Waals surface area contributed by atoms with E-state index in [1.807, 2.05) is 4.90 Å². The Kier molecular flexibility index (Phi) is 5.67. The third-order valence-corrected chi connectivity index (χ3v) is 5.23. The number of nitrogens with zero attached hydrogens (tertiary/aromatic N) is 2. The molecular weight excluding hydrogens is 388 g/mol. The topological polar surface area (TPSA) is 98.2 Å². The lowest BCUT2D eigenvalue weighted by Gasteiger charge is -2.25. The van der Waals surface area contributed by atoms with Crippen LogP contribution in [0, 0.1) is 0 Å². The normalized spacial score (nSPS) is 18.1. The molecule has 1 atom stereocenters. The molecule has 1 aromatic heterocycles. The number of allylic oxidation sites excluding steroid dienone is 1. The van der Waals surface area contributed by atoms with Gasteiger partial charge in [-0.1, -0.05) is 6.07 Å². The van der Waals surface area contributed by atoms with Crippen molar-refractivity contribution in [3.63, 3.8) is 0 Å². The first-order valence-corrected chi connectivity index (χ1v) is 9.67. The van der Waals surface area contributed by atoms with E-state index >= 15 is 0 Å². The number of aromatic nitrogens is 1. The molecule has 1 aromatic carbocycles. The van der Waals surface area contributed by atoms with Crippen molar-refractivity contribution in [2.45, 2.75) is 12.3 Å². The maximum absolute atomic E-state index is 12.9. The van der Waals surface area contributed by atoms with Crippen molar-refractivity contribution in [3.8, 4) is 11.5 Å². The molecule has 0 saturated carbocycles. The molecule has 0 unspecified atom stereocenters. The summed E-state index contributed by atoms with van der Waals surface area (Å²) in [4.78, 5) is 31.1. The standard InChI is InChI=1S/C22H22N2O6/c1-28-19(26)11-16(14-3-2-6-23-12-14)20-17(25)5-4-15-21(27)18(30-22(15)20)13-24-7-9-29-10-8-24/h2-6,12-13,16,25H,7-11H2,1H3/b18-13-/t16-/m1/s1. The summed E-state index contributed by atoms with van der Waals surface area (Å²) in [7, 11) is 1.31. The molecule has 0 amide bonds. The molecule has 0 spiro atoms. The van der Waals surface area contributed by atoms with Gasteiger partial charge in [-0.05, 0) is 23.8 Å². The SMILES string of the molecule is COC(=O)C[C@H](c1cccnc1)c1c(O)ccc2c1O/C(=C\N1CCOCC1)C2=O. The van der Waals surface area contributed by atoms with Crippen molar-refractivity contribution in [2.75, 3.05) is 33.4 Å². The number of aromatic hydroxyl groups is 1. The van der Waals surface area contributed by atoms with Crippen molar-refractivity contribution >= 4 is 11.8 Å². The number of ether oxygens (including phenoxy) is 3. The average molecular weight is 410 g/mol. The Labute approximate surface area is 173 Å². The van der Waals surface area contributed by atoms with Crippen LogP contribution in [0.25, 0.3) is 0 Å². The number of methoxy groups -OCH3 is 1. The second kappa shape index (κ2) is 8.54. The summed E-state index contributed by atoms with van der Waals surface area (Å²) >= 11 is 0. The van der Waals surface area contributed by atoms with Gasteiger partial charge in [0, 0.05) is 43.2 Å². The Bertz CT molecular complexity index is 983. The number of esters is 1. The van der Waals surface area contributed by atoms with Gasteiger partial charge in [-0.15, -0.1) is 0 Å². The minimum atomic E-state index is -0.586. The van der Waals surface area contributed by atoms with E-state index in [2.05, 4.69) is 4.98 Å². The molecule has 8 heteroatoms. The molecule has 4 rings (SSSR count). The largest absolute Gasteiger partial charge is 0.508 e. The van der Waals surface area contributed by atoms with Gasteiger partial charge in [0.2, 0.25) is 5.78 Å². The van der Waals surface area contributed by atoms with Crippen LogP contribution in [0.4, 0.5) is 0 Å². The lowest BCUT2D eigenvalue weighted by Crippen LogP contribution is -2.32.